The van der Waals surface area contributed by atoms with Crippen molar-refractivity contribution in [1.29, 1.82) is 0 Å². The van der Waals surface area contributed by atoms with Gasteiger partial charge in [0.1, 0.15) is 5.82 Å². The molecule has 1 saturated heterocycles. The lowest BCUT2D eigenvalue weighted by atomic mass is 9.91. The number of ether oxygens (including phenoxy) is 1. The predicted octanol–water partition coefficient (Wildman–Crippen LogP) is 1.66. The Labute approximate surface area is 182 Å². The number of benzene rings is 1. The van der Waals surface area contributed by atoms with E-state index in [2.05, 4.69) is 20.6 Å². The number of carbonyl (C=O) groups is 1. The fraction of sp³-hybridized carbons (Fsp3) is 0.565. The van der Waals surface area contributed by atoms with E-state index in [4.69, 9.17) is 4.74 Å². The molecule has 0 spiro atoms. The van der Waals surface area contributed by atoms with E-state index >= 15 is 0 Å². The number of hydrogen-bond donors (Lipinski definition) is 2. The van der Waals surface area contributed by atoms with E-state index < -0.39 is 0 Å². The van der Waals surface area contributed by atoms with Crippen LogP contribution in [0, 0.1) is 5.82 Å². The molecule has 2 aliphatic rings. The number of morpholine rings is 1. The molecule has 1 aromatic carbocycles. The standard InChI is InChI=1S/C23H32FN5O2/c1-28-21-8-7-19(25-9-2-10-29-11-13-31-14-12-29)15-20(21)22(27-28)23(30)26-16-17-3-5-18(24)6-4-17/h3-6,19,25H,2,7-16H2,1H3,(H,26,30)/t19-/m0/s1. The molecule has 8 heteroatoms. The van der Waals surface area contributed by atoms with E-state index in [9.17, 15) is 9.18 Å². The van der Waals surface area contributed by atoms with Gasteiger partial charge in [0.25, 0.3) is 5.91 Å². The molecule has 0 bridgehead atoms. The summed E-state index contributed by atoms with van der Waals surface area (Å²) >= 11 is 0. The number of nitrogens with zero attached hydrogens (tertiary/aromatic N) is 3. The summed E-state index contributed by atoms with van der Waals surface area (Å²) in [5.74, 6) is -0.452. The van der Waals surface area contributed by atoms with Crippen LogP contribution in [-0.4, -0.2) is 66.0 Å². The van der Waals surface area contributed by atoms with Crippen LogP contribution in [0.1, 0.15) is 40.2 Å². The van der Waals surface area contributed by atoms with Crippen LogP contribution in [0.3, 0.4) is 0 Å². The summed E-state index contributed by atoms with van der Waals surface area (Å²) in [5, 5.41) is 11.1. The molecular weight excluding hydrogens is 397 g/mol. The maximum absolute atomic E-state index is 13.1. The van der Waals surface area contributed by atoms with Crippen LogP contribution >= 0.6 is 0 Å². The number of aryl methyl sites for hydroxylation is 1. The fourth-order valence-electron chi connectivity index (χ4n) is 4.45. The maximum atomic E-state index is 13.1. The van der Waals surface area contributed by atoms with Gasteiger partial charge in [0.05, 0.1) is 13.2 Å². The van der Waals surface area contributed by atoms with E-state index in [1.165, 1.54) is 12.1 Å². The molecule has 1 atom stereocenters. The zero-order chi connectivity index (χ0) is 21.6. The molecular formula is C23H32FN5O2. The molecule has 2 aromatic rings. The van der Waals surface area contributed by atoms with Crippen molar-refractivity contribution in [3.8, 4) is 0 Å². The Morgan fingerprint density at radius 2 is 2.03 bits per heavy atom. The van der Waals surface area contributed by atoms with Gasteiger partial charge in [-0.2, -0.15) is 5.10 Å². The van der Waals surface area contributed by atoms with Gasteiger partial charge >= 0.3 is 0 Å². The lowest BCUT2D eigenvalue weighted by Gasteiger charge is -2.27. The number of rotatable bonds is 8. The summed E-state index contributed by atoms with van der Waals surface area (Å²) in [4.78, 5) is 15.3. The molecule has 31 heavy (non-hydrogen) atoms. The van der Waals surface area contributed by atoms with Crippen molar-refractivity contribution in [1.82, 2.24) is 25.3 Å². The molecule has 1 aliphatic carbocycles. The minimum absolute atomic E-state index is 0.172. The van der Waals surface area contributed by atoms with E-state index in [0.717, 1.165) is 81.9 Å². The minimum Gasteiger partial charge on any atom is -0.379 e. The van der Waals surface area contributed by atoms with Crippen molar-refractivity contribution >= 4 is 5.91 Å². The molecule has 1 amide bonds. The van der Waals surface area contributed by atoms with Crippen LogP contribution in [0.4, 0.5) is 4.39 Å². The monoisotopic (exact) mass is 429 g/mol. The zero-order valence-electron chi connectivity index (χ0n) is 18.2. The van der Waals surface area contributed by atoms with Crippen molar-refractivity contribution in [2.24, 2.45) is 7.05 Å². The molecule has 0 radical (unpaired) electrons. The highest BCUT2D eigenvalue weighted by atomic mass is 19.1. The fourth-order valence-corrected chi connectivity index (χ4v) is 4.45. The Balaban J connectivity index is 1.29. The molecule has 4 rings (SSSR count). The van der Waals surface area contributed by atoms with E-state index in [-0.39, 0.29) is 11.7 Å². The number of fused-ring (bicyclic) bond motifs is 1. The van der Waals surface area contributed by atoms with Crippen molar-refractivity contribution in [2.75, 3.05) is 39.4 Å². The van der Waals surface area contributed by atoms with E-state index in [1.54, 1.807) is 12.1 Å². The topological polar surface area (TPSA) is 71.4 Å². The molecule has 1 fully saturated rings. The first kappa shape index (κ1) is 21.9. The molecule has 168 valence electrons. The molecule has 2 heterocycles. The summed E-state index contributed by atoms with van der Waals surface area (Å²) in [6.45, 7) is 6.16. The van der Waals surface area contributed by atoms with Gasteiger partial charge in [-0.1, -0.05) is 12.1 Å². The molecule has 2 N–H and O–H groups in total. The molecule has 1 aromatic heterocycles. The molecule has 0 unspecified atom stereocenters. The first-order valence-corrected chi connectivity index (χ1v) is 11.2. The Kier molecular flexibility index (Phi) is 7.32. The number of amides is 1. The van der Waals surface area contributed by atoms with Crippen LogP contribution < -0.4 is 10.6 Å². The van der Waals surface area contributed by atoms with Gasteiger partial charge in [-0.15, -0.1) is 0 Å². The molecule has 1 aliphatic heterocycles. The van der Waals surface area contributed by atoms with Crippen molar-refractivity contribution in [2.45, 2.75) is 38.3 Å². The zero-order valence-corrected chi connectivity index (χ0v) is 18.2. The Hall–Kier alpha value is -2.29. The van der Waals surface area contributed by atoms with Gasteiger partial charge in [0.15, 0.2) is 5.69 Å². The highest BCUT2D eigenvalue weighted by molar-refractivity contribution is 5.94. The highest BCUT2D eigenvalue weighted by Crippen LogP contribution is 2.24. The van der Waals surface area contributed by atoms with Crippen molar-refractivity contribution in [3.63, 3.8) is 0 Å². The number of aromatic nitrogens is 2. The summed E-state index contributed by atoms with van der Waals surface area (Å²) in [6, 6.07) is 6.53. The third kappa shape index (κ3) is 5.70. The second-order valence-corrected chi connectivity index (χ2v) is 8.41. The van der Waals surface area contributed by atoms with Gasteiger partial charge < -0.3 is 15.4 Å². The Morgan fingerprint density at radius 3 is 2.81 bits per heavy atom. The van der Waals surface area contributed by atoms with Crippen LogP contribution in [-0.2, 0) is 31.2 Å². The lowest BCUT2D eigenvalue weighted by Crippen LogP contribution is -2.40. The van der Waals surface area contributed by atoms with E-state index in [1.807, 2.05) is 11.7 Å². The minimum atomic E-state index is -0.280. The lowest BCUT2D eigenvalue weighted by molar-refractivity contribution is 0.0373. The largest absolute Gasteiger partial charge is 0.379 e. The number of hydrogen-bond acceptors (Lipinski definition) is 5. The first-order valence-electron chi connectivity index (χ1n) is 11.2. The predicted molar refractivity (Wildman–Crippen MR) is 116 cm³/mol. The van der Waals surface area contributed by atoms with Gasteiger partial charge in [-0.05, 0) is 56.5 Å². The van der Waals surface area contributed by atoms with Crippen molar-refractivity contribution in [3.05, 3.63) is 52.6 Å². The van der Waals surface area contributed by atoms with Gasteiger partial charge in [0.2, 0.25) is 0 Å². The maximum Gasteiger partial charge on any atom is 0.272 e. The molecule has 0 saturated carbocycles. The van der Waals surface area contributed by atoms with Gasteiger partial charge in [-0.25, -0.2) is 4.39 Å². The SMILES string of the molecule is Cn1nc(C(=O)NCc2ccc(F)cc2)c2c1CC[C@H](NCCCN1CCOCC1)C2. The normalized spacial score (nSPS) is 19.2. The Bertz CT molecular complexity index is 877. The second kappa shape index (κ2) is 10.3. The first-order chi connectivity index (χ1) is 15.1. The average molecular weight is 430 g/mol. The summed E-state index contributed by atoms with van der Waals surface area (Å²) < 4.78 is 20.3. The number of halogens is 1. The van der Waals surface area contributed by atoms with Gasteiger partial charge in [-0.3, -0.25) is 14.4 Å². The van der Waals surface area contributed by atoms with E-state index in [0.29, 0.717) is 18.3 Å². The number of carbonyl (C=O) groups excluding carboxylic acids is 1. The summed E-state index contributed by atoms with van der Waals surface area (Å²) in [5.41, 5.74) is 3.58. The van der Waals surface area contributed by atoms with Gasteiger partial charge in [0, 0.05) is 44.0 Å². The third-order valence-corrected chi connectivity index (χ3v) is 6.22. The molecule has 7 nitrogen and oxygen atoms in total. The summed E-state index contributed by atoms with van der Waals surface area (Å²) in [7, 11) is 1.91. The second-order valence-electron chi connectivity index (χ2n) is 8.41. The smallest absolute Gasteiger partial charge is 0.272 e. The van der Waals surface area contributed by atoms with Crippen LogP contribution in [0.5, 0.6) is 0 Å². The summed E-state index contributed by atoms with van der Waals surface area (Å²) in [6.07, 6.45) is 3.91. The highest BCUT2D eigenvalue weighted by Gasteiger charge is 2.28. The quantitative estimate of drug-likeness (QED) is 0.625. The van der Waals surface area contributed by atoms with Crippen molar-refractivity contribution < 1.29 is 13.9 Å². The third-order valence-electron chi connectivity index (χ3n) is 6.22. The van der Waals surface area contributed by atoms with Crippen LogP contribution in [0.15, 0.2) is 24.3 Å². The average Bonchev–Trinajstić information content (AvgIpc) is 3.13. The van der Waals surface area contributed by atoms with Crippen LogP contribution in [0.2, 0.25) is 0 Å². The Morgan fingerprint density at radius 1 is 1.26 bits per heavy atom. The van der Waals surface area contributed by atoms with Crippen LogP contribution in [0.25, 0.3) is 0 Å². The number of nitrogens with one attached hydrogen (secondary N) is 2.